The average Bonchev–Trinajstić information content (AvgIpc) is 2.10. The molecule has 2 N–H and O–H groups in total. The molecule has 15 heavy (non-hydrogen) atoms. The van der Waals surface area contributed by atoms with Crippen molar-refractivity contribution in [1.29, 1.82) is 0 Å². The molecule has 4 nitrogen and oxygen atoms in total. The molecule has 0 amide bonds. The molecule has 0 aliphatic carbocycles. The number of hydrogen-bond donors (Lipinski definition) is 2. The van der Waals surface area contributed by atoms with Gasteiger partial charge in [0.05, 0.1) is 5.75 Å². The van der Waals surface area contributed by atoms with Gasteiger partial charge in [0.15, 0.2) is 0 Å². The highest BCUT2D eigenvalue weighted by Crippen LogP contribution is 2.01. The third-order valence-corrected chi connectivity index (χ3v) is 3.25. The summed E-state index contributed by atoms with van der Waals surface area (Å²) in [6.07, 6.45) is 0.719. The summed E-state index contributed by atoms with van der Waals surface area (Å²) in [7, 11) is -3.05. The van der Waals surface area contributed by atoms with Crippen molar-refractivity contribution in [3.05, 3.63) is 0 Å². The first-order valence-electron chi connectivity index (χ1n) is 5.16. The Labute approximate surface area is 99.7 Å². The highest BCUT2D eigenvalue weighted by atomic mass is 35.5. The van der Waals surface area contributed by atoms with Gasteiger partial charge in [0, 0.05) is 13.1 Å². The molecular weight excluding hydrogens is 236 g/mol. The third kappa shape index (κ3) is 12.1. The second-order valence-corrected chi connectivity index (χ2v) is 5.68. The van der Waals surface area contributed by atoms with Crippen molar-refractivity contribution in [2.45, 2.75) is 27.2 Å². The van der Waals surface area contributed by atoms with Gasteiger partial charge >= 0.3 is 0 Å². The van der Waals surface area contributed by atoms with Crippen LogP contribution in [0.15, 0.2) is 0 Å². The average molecular weight is 259 g/mol. The zero-order valence-electron chi connectivity index (χ0n) is 9.75. The third-order valence-electron chi connectivity index (χ3n) is 1.84. The lowest BCUT2D eigenvalue weighted by molar-refractivity contribution is 0.559. The van der Waals surface area contributed by atoms with E-state index in [0.717, 1.165) is 13.0 Å². The summed E-state index contributed by atoms with van der Waals surface area (Å²) in [4.78, 5) is 0. The van der Waals surface area contributed by atoms with Gasteiger partial charge in [-0.1, -0.05) is 20.8 Å². The van der Waals surface area contributed by atoms with Crippen LogP contribution in [0.3, 0.4) is 0 Å². The Morgan fingerprint density at radius 2 is 1.80 bits per heavy atom. The maximum Gasteiger partial charge on any atom is 0.211 e. The highest BCUT2D eigenvalue weighted by Gasteiger charge is 2.09. The van der Waals surface area contributed by atoms with Crippen LogP contribution in [0.25, 0.3) is 0 Å². The zero-order chi connectivity index (χ0) is 11.0. The minimum absolute atomic E-state index is 0. The Balaban J connectivity index is 0. The smallest absolute Gasteiger partial charge is 0.211 e. The van der Waals surface area contributed by atoms with Gasteiger partial charge in [-0.05, 0) is 18.9 Å². The molecule has 0 aliphatic heterocycles. The van der Waals surface area contributed by atoms with E-state index in [2.05, 4.69) is 10.0 Å². The molecule has 0 bridgehead atoms. The van der Waals surface area contributed by atoms with Crippen LogP contribution in [-0.4, -0.2) is 33.8 Å². The Morgan fingerprint density at radius 1 is 1.20 bits per heavy atom. The first-order chi connectivity index (χ1) is 6.48. The molecule has 0 heterocycles. The number of nitrogens with one attached hydrogen (secondary N) is 2. The topological polar surface area (TPSA) is 58.2 Å². The van der Waals surface area contributed by atoms with Crippen LogP contribution in [0, 0.1) is 5.92 Å². The van der Waals surface area contributed by atoms with Crippen molar-refractivity contribution in [2.75, 3.05) is 25.4 Å². The van der Waals surface area contributed by atoms with Crippen molar-refractivity contribution < 1.29 is 8.42 Å². The molecule has 0 saturated carbocycles. The van der Waals surface area contributed by atoms with Gasteiger partial charge in [-0.25, -0.2) is 13.1 Å². The van der Waals surface area contributed by atoms with Gasteiger partial charge in [-0.3, -0.25) is 0 Å². The van der Waals surface area contributed by atoms with Crippen molar-refractivity contribution in [3.63, 3.8) is 0 Å². The SMILES string of the molecule is CCNCCNS(=O)(=O)CCC(C)C.Cl. The van der Waals surface area contributed by atoms with E-state index in [9.17, 15) is 8.42 Å². The van der Waals surface area contributed by atoms with E-state index in [0.29, 0.717) is 19.0 Å². The largest absolute Gasteiger partial charge is 0.316 e. The minimum Gasteiger partial charge on any atom is -0.316 e. The number of likely N-dealkylation sites (N-methyl/N-ethyl adjacent to an activating group) is 1. The summed E-state index contributed by atoms with van der Waals surface area (Å²) < 4.78 is 25.3. The van der Waals surface area contributed by atoms with Crippen LogP contribution >= 0.6 is 12.4 Å². The fourth-order valence-electron chi connectivity index (χ4n) is 0.935. The molecular formula is C9H23ClN2O2S. The molecule has 0 fully saturated rings. The number of hydrogen-bond acceptors (Lipinski definition) is 3. The maximum atomic E-state index is 11.4. The van der Waals surface area contributed by atoms with Crippen LogP contribution in [0.4, 0.5) is 0 Å². The summed E-state index contributed by atoms with van der Waals surface area (Å²) in [5.74, 6) is 0.664. The lowest BCUT2D eigenvalue weighted by Crippen LogP contribution is -2.33. The number of rotatable bonds is 8. The van der Waals surface area contributed by atoms with Crippen molar-refractivity contribution in [3.8, 4) is 0 Å². The number of halogens is 1. The van der Waals surface area contributed by atoms with Gasteiger partial charge in [0.1, 0.15) is 0 Å². The molecule has 0 unspecified atom stereocenters. The lowest BCUT2D eigenvalue weighted by atomic mass is 10.2. The minimum atomic E-state index is -3.05. The first kappa shape index (κ1) is 17.6. The van der Waals surface area contributed by atoms with Crippen LogP contribution < -0.4 is 10.0 Å². The van der Waals surface area contributed by atoms with E-state index < -0.39 is 10.0 Å². The standard InChI is InChI=1S/C9H22N2O2S.ClH/c1-4-10-6-7-11-14(12,13)8-5-9(2)3;/h9-11H,4-8H2,1-3H3;1H. The summed E-state index contributed by atoms with van der Waals surface area (Å²) in [6.45, 7) is 8.08. The fraction of sp³-hybridized carbons (Fsp3) is 1.00. The van der Waals surface area contributed by atoms with E-state index in [1.54, 1.807) is 0 Å². The second-order valence-electron chi connectivity index (χ2n) is 3.75. The van der Waals surface area contributed by atoms with E-state index in [1.807, 2.05) is 20.8 Å². The van der Waals surface area contributed by atoms with Gasteiger partial charge in [0.25, 0.3) is 0 Å². The molecule has 0 radical (unpaired) electrons. The maximum absolute atomic E-state index is 11.4. The molecule has 0 aromatic carbocycles. The molecule has 0 aromatic rings. The molecule has 0 saturated heterocycles. The summed E-state index contributed by atoms with van der Waals surface area (Å²) in [5, 5.41) is 3.06. The van der Waals surface area contributed by atoms with Crippen LogP contribution in [0.2, 0.25) is 0 Å². The highest BCUT2D eigenvalue weighted by molar-refractivity contribution is 7.89. The predicted molar refractivity (Wildman–Crippen MR) is 67.0 cm³/mol. The zero-order valence-corrected chi connectivity index (χ0v) is 11.4. The van der Waals surface area contributed by atoms with E-state index in [4.69, 9.17) is 0 Å². The summed E-state index contributed by atoms with van der Waals surface area (Å²) >= 11 is 0. The van der Waals surface area contributed by atoms with Crippen LogP contribution in [0.1, 0.15) is 27.2 Å². The van der Waals surface area contributed by atoms with Crippen molar-refractivity contribution in [2.24, 2.45) is 5.92 Å². The Kier molecular flexibility index (Phi) is 11.0. The van der Waals surface area contributed by atoms with E-state index in [1.165, 1.54) is 0 Å². The second kappa shape index (κ2) is 9.39. The Bertz CT molecular complexity index is 230. The predicted octanol–water partition coefficient (Wildman–Crippen LogP) is 0.983. The van der Waals surface area contributed by atoms with Gasteiger partial charge in [0.2, 0.25) is 10.0 Å². The first-order valence-corrected chi connectivity index (χ1v) is 6.81. The summed E-state index contributed by atoms with van der Waals surface area (Å²) in [6, 6.07) is 0. The van der Waals surface area contributed by atoms with Crippen molar-refractivity contribution in [1.82, 2.24) is 10.0 Å². The number of sulfonamides is 1. The molecule has 0 aromatic heterocycles. The molecule has 0 aliphatic rings. The van der Waals surface area contributed by atoms with Gasteiger partial charge in [-0.2, -0.15) is 0 Å². The molecule has 6 heteroatoms. The quantitative estimate of drug-likeness (QED) is 0.639. The van der Waals surface area contributed by atoms with Crippen LogP contribution in [-0.2, 0) is 10.0 Å². The summed E-state index contributed by atoms with van der Waals surface area (Å²) in [5.41, 5.74) is 0. The monoisotopic (exact) mass is 258 g/mol. The Morgan fingerprint density at radius 3 is 2.27 bits per heavy atom. The lowest BCUT2D eigenvalue weighted by Gasteiger charge is -2.08. The van der Waals surface area contributed by atoms with E-state index >= 15 is 0 Å². The van der Waals surface area contributed by atoms with E-state index in [-0.39, 0.29) is 18.2 Å². The fourth-order valence-corrected chi connectivity index (χ4v) is 2.27. The van der Waals surface area contributed by atoms with Crippen LogP contribution in [0.5, 0.6) is 0 Å². The Hall–Kier alpha value is 0.160. The molecule has 0 atom stereocenters. The van der Waals surface area contributed by atoms with Gasteiger partial charge < -0.3 is 5.32 Å². The normalized spacial score (nSPS) is 11.5. The molecule has 0 rings (SSSR count). The van der Waals surface area contributed by atoms with Gasteiger partial charge in [-0.15, -0.1) is 12.4 Å². The molecule has 94 valence electrons. The van der Waals surface area contributed by atoms with Crippen molar-refractivity contribution >= 4 is 22.4 Å². The molecule has 0 spiro atoms.